The van der Waals surface area contributed by atoms with Crippen LogP contribution in [0.1, 0.15) is 12.8 Å². The van der Waals surface area contributed by atoms with Crippen LogP contribution >= 0.6 is 0 Å². The third-order valence-electron chi connectivity index (χ3n) is 1.29. The molecule has 0 bridgehead atoms. The van der Waals surface area contributed by atoms with E-state index in [0.717, 1.165) is 0 Å². The number of carboxylic acid groups (broad SMARTS) is 1. The Morgan fingerprint density at radius 3 is 2.15 bits per heavy atom. The quantitative estimate of drug-likeness (QED) is 0.489. The minimum Gasteiger partial charge on any atom is -0.480 e. The van der Waals surface area contributed by atoms with Gasteiger partial charge in [0.1, 0.15) is 6.04 Å². The second-order valence-electron chi connectivity index (χ2n) is 2.40. The molecule has 0 aromatic carbocycles. The van der Waals surface area contributed by atoms with Crippen molar-refractivity contribution in [3.8, 4) is 0 Å². The number of primary sulfonamides is 1. The molecular weight excluding hydrogens is 200 g/mol. The maximum atomic E-state index is 10.6. The monoisotopic (exact) mass is 210 g/mol. The molecule has 0 aliphatic carbocycles. The third kappa shape index (κ3) is 4.55. The smallest absolute Gasteiger partial charge is 0.320 e. The van der Waals surface area contributed by atoms with Gasteiger partial charge in [-0.2, -0.15) is 0 Å². The van der Waals surface area contributed by atoms with Crippen molar-refractivity contribution < 1.29 is 23.1 Å². The van der Waals surface area contributed by atoms with E-state index in [1.54, 1.807) is 0 Å². The molecule has 8 heteroatoms. The second-order valence-corrected chi connectivity index (χ2v) is 3.95. The van der Waals surface area contributed by atoms with Crippen LogP contribution in [0.3, 0.4) is 0 Å². The molecule has 0 aliphatic heterocycles. The zero-order valence-corrected chi connectivity index (χ0v) is 7.45. The van der Waals surface area contributed by atoms with Crippen LogP contribution in [-0.4, -0.2) is 30.7 Å². The van der Waals surface area contributed by atoms with Gasteiger partial charge in [-0.25, -0.2) is 13.6 Å². The van der Waals surface area contributed by atoms with Gasteiger partial charge in [0.25, 0.3) is 15.1 Å². The molecular formula is C5H10N2O5S. The lowest BCUT2D eigenvalue weighted by Crippen LogP contribution is -2.32. The summed E-state index contributed by atoms with van der Waals surface area (Å²) >= 11 is 0. The van der Waals surface area contributed by atoms with E-state index >= 15 is 0 Å². The van der Waals surface area contributed by atoms with E-state index in [0.29, 0.717) is 0 Å². The van der Waals surface area contributed by atoms with Gasteiger partial charge in [-0.3, -0.25) is 9.59 Å². The van der Waals surface area contributed by atoms with Crippen molar-refractivity contribution >= 4 is 21.1 Å². The van der Waals surface area contributed by atoms with Crippen molar-refractivity contribution in [3.63, 3.8) is 0 Å². The molecule has 0 unspecified atom stereocenters. The minimum atomic E-state index is -4.21. The van der Waals surface area contributed by atoms with Crippen LogP contribution in [0.15, 0.2) is 0 Å². The fraction of sp³-hybridized carbons (Fsp3) is 0.600. The van der Waals surface area contributed by atoms with Gasteiger partial charge >= 0.3 is 5.97 Å². The van der Waals surface area contributed by atoms with E-state index in [4.69, 9.17) is 10.8 Å². The minimum absolute atomic E-state index is 0.245. The number of hydrogen-bond acceptors (Lipinski definition) is 5. The van der Waals surface area contributed by atoms with Crippen LogP contribution in [0.25, 0.3) is 0 Å². The van der Waals surface area contributed by atoms with Crippen LogP contribution in [0, 0.1) is 0 Å². The Labute approximate surface area is 74.8 Å². The van der Waals surface area contributed by atoms with Crippen molar-refractivity contribution in [1.29, 1.82) is 0 Å². The number of carboxylic acids is 1. The SMILES string of the molecule is N[C@@H](CCC(=O)S(N)(=O)=O)C(=O)O. The first-order valence-corrected chi connectivity index (χ1v) is 4.84. The predicted molar refractivity (Wildman–Crippen MR) is 43.0 cm³/mol. The fourth-order valence-corrected chi connectivity index (χ4v) is 0.941. The molecule has 0 radical (unpaired) electrons. The van der Waals surface area contributed by atoms with Crippen molar-refractivity contribution in [2.24, 2.45) is 10.9 Å². The summed E-state index contributed by atoms with van der Waals surface area (Å²) in [4.78, 5) is 20.8. The number of nitrogens with two attached hydrogens (primary N) is 2. The Bertz CT molecular complexity index is 309. The molecule has 7 nitrogen and oxygen atoms in total. The third-order valence-corrected chi connectivity index (χ3v) is 2.13. The number of rotatable bonds is 4. The normalized spacial score (nSPS) is 13.7. The van der Waals surface area contributed by atoms with E-state index in [1.165, 1.54) is 0 Å². The number of sulfonamides is 1. The lowest BCUT2D eigenvalue weighted by Gasteiger charge is -2.03. The fourth-order valence-electron chi connectivity index (χ4n) is 0.539. The molecule has 0 aromatic heterocycles. The van der Waals surface area contributed by atoms with Gasteiger partial charge in [0, 0.05) is 6.42 Å². The highest BCUT2D eigenvalue weighted by molar-refractivity contribution is 8.04. The lowest BCUT2D eigenvalue weighted by atomic mass is 10.2. The van der Waals surface area contributed by atoms with E-state index in [1.807, 2.05) is 0 Å². The second kappa shape index (κ2) is 4.30. The maximum absolute atomic E-state index is 10.6. The molecule has 5 N–H and O–H groups in total. The molecule has 13 heavy (non-hydrogen) atoms. The van der Waals surface area contributed by atoms with Crippen molar-refractivity contribution in [1.82, 2.24) is 0 Å². The molecule has 0 saturated carbocycles. The van der Waals surface area contributed by atoms with E-state index in [2.05, 4.69) is 5.14 Å². The van der Waals surface area contributed by atoms with Crippen LogP contribution in [0.2, 0.25) is 0 Å². The molecule has 0 amide bonds. The van der Waals surface area contributed by atoms with E-state index in [-0.39, 0.29) is 6.42 Å². The Morgan fingerprint density at radius 1 is 1.38 bits per heavy atom. The summed E-state index contributed by atoms with van der Waals surface area (Å²) in [6.07, 6.45) is -0.725. The van der Waals surface area contributed by atoms with Crippen molar-refractivity contribution in [3.05, 3.63) is 0 Å². The highest BCUT2D eigenvalue weighted by Crippen LogP contribution is 1.98. The summed E-state index contributed by atoms with van der Waals surface area (Å²) in [6, 6.07) is -1.24. The van der Waals surface area contributed by atoms with Gasteiger partial charge in [0.15, 0.2) is 0 Å². The van der Waals surface area contributed by atoms with E-state index in [9.17, 15) is 18.0 Å². The highest BCUT2D eigenvalue weighted by Gasteiger charge is 2.19. The summed E-state index contributed by atoms with van der Waals surface area (Å²) in [7, 11) is -4.21. The standard InChI is InChI=1S/C5H10N2O5S/c6-3(5(9)10)1-2-4(8)13(7,11)12/h3H,1-2,6H2,(H,9,10)(H2,7,11,12)/t3-/m0/s1. The molecule has 0 saturated heterocycles. The van der Waals surface area contributed by atoms with E-state index < -0.39 is 33.6 Å². The summed E-state index contributed by atoms with van der Waals surface area (Å²) in [5, 5.41) is 11.6. The Balaban J connectivity index is 4.06. The summed E-state index contributed by atoms with van der Waals surface area (Å²) in [6.45, 7) is 0. The average molecular weight is 210 g/mol. The number of aliphatic carboxylic acids is 1. The van der Waals surface area contributed by atoms with Gasteiger partial charge in [-0.1, -0.05) is 0 Å². The van der Waals surface area contributed by atoms with Crippen molar-refractivity contribution in [2.75, 3.05) is 0 Å². The molecule has 0 rings (SSSR count). The molecule has 0 spiro atoms. The van der Waals surface area contributed by atoms with Crippen LogP contribution < -0.4 is 10.9 Å². The van der Waals surface area contributed by atoms with Crippen LogP contribution in [-0.2, 0) is 19.6 Å². The van der Waals surface area contributed by atoms with Crippen molar-refractivity contribution in [2.45, 2.75) is 18.9 Å². The molecule has 0 aromatic rings. The number of carbonyl (C=O) groups excluding carboxylic acids is 1. The first kappa shape index (κ1) is 12.0. The summed E-state index contributed by atoms with van der Waals surface area (Å²) < 4.78 is 20.7. The van der Waals surface area contributed by atoms with Gasteiger partial charge in [0.05, 0.1) is 0 Å². The Hall–Kier alpha value is -0.990. The molecule has 76 valence electrons. The number of carbonyl (C=O) groups is 2. The Kier molecular flexibility index (Phi) is 3.98. The zero-order valence-electron chi connectivity index (χ0n) is 6.63. The Morgan fingerprint density at radius 2 is 1.85 bits per heavy atom. The van der Waals surface area contributed by atoms with Gasteiger partial charge in [-0.05, 0) is 6.42 Å². The zero-order chi connectivity index (χ0) is 10.6. The number of hydrogen-bond donors (Lipinski definition) is 3. The first-order chi connectivity index (χ1) is 5.75. The first-order valence-electron chi connectivity index (χ1n) is 3.29. The summed E-state index contributed by atoms with van der Waals surface area (Å²) in [5.74, 6) is -1.29. The van der Waals surface area contributed by atoms with Crippen LogP contribution in [0.4, 0.5) is 0 Å². The average Bonchev–Trinajstić information content (AvgIpc) is 1.97. The molecule has 0 fully saturated rings. The molecule has 0 heterocycles. The molecule has 0 aliphatic rings. The highest BCUT2D eigenvalue weighted by atomic mass is 32.2. The maximum Gasteiger partial charge on any atom is 0.320 e. The lowest BCUT2D eigenvalue weighted by molar-refractivity contribution is -0.138. The van der Waals surface area contributed by atoms with Gasteiger partial charge < -0.3 is 10.8 Å². The predicted octanol–water partition coefficient (Wildman–Crippen LogP) is -2.01. The summed E-state index contributed by atoms with van der Waals surface area (Å²) in [5.41, 5.74) is 5.02. The largest absolute Gasteiger partial charge is 0.480 e. The van der Waals surface area contributed by atoms with Crippen LogP contribution in [0.5, 0.6) is 0 Å². The topological polar surface area (TPSA) is 141 Å². The van der Waals surface area contributed by atoms with Gasteiger partial charge in [-0.15, -0.1) is 0 Å². The molecule has 1 atom stereocenters. The van der Waals surface area contributed by atoms with Gasteiger partial charge in [0.2, 0.25) is 0 Å².